The topological polar surface area (TPSA) is 73.2 Å². The molecular weight excluding hydrogens is 274 g/mol. The molecule has 1 aliphatic rings. The van der Waals surface area contributed by atoms with Crippen LogP contribution in [-0.2, 0) is 10.0 Å². The van der Waals surface area contributed by atoms with E-state index in [1.165, 1.54) is 10.4 Å². The molecule has 5 nitrogen and oxygen atoms in total. The molecular formula is C14H19N3O2S. The van der Waals surface area contributed by atoms with Crippen LogP contribution in [0.5, 0.6) is 0 Å². The zero-order valence-corrected chi connectivity index (χ0v) is 12.4. The van der Waals surface area contributed by atoms with Crippen molar-refractivity contribution in [3.05, 3.63) is 29.8 Å². The summed E-state index contributed by atoms with van der Waals surface area (Å²) in [6, 6.07) is 8.37. The van der Waals surface area contributed by atoms with E-state index < -0.39 is 10.0 Å². The van der Waals surface area contributed by atoms with E-state index in [0.29, 0.717) is 6.54 Å². The highest BCUT2D eigenvalue weighted by Gasteiger charge is 2.32. The summed E-state index contributed by atoms with van der Waals surface area (Å²) in [4.78, 5) is 0.114. The molecule has 6 heteroatoms. The average Bonchev–Trinajstić information content (AvgIpc) is 2.48. The van der Waals surface area contributed by atoms with E-state index in [2.05, 4.69) is 5.32 Å². The van der Waals surface area contributed by atoms with Crippen molar-refractivity contribution in [3.8, 4) is 6.07 Å². The van der Waals surface area contributed by atoms with Crippen LogP contribution in [-0.4, -0.2) is 38.4 Å². The van der Waals surface area contributed by atoms with E-state index in [0.717, 1.165) is 25.9 Å². The van der Waals surface area contributed by atoms with Crippen LogP contribution in [0.3, 0.4) is 0 Å². The van der Waals surface area contributed by atoms with Gasteiger partial charge in [-0.05, 0) is 38.1 Å². The van der Waals surface area contributed by atoms with Crippen molar-refractivity contribution in [2.75, 3.05) is 19.6 Å². The summed E-state index contributed by atoms with van der Waals surface area (Å²) in [6.45, 7) is 3.93. The summed E-state index contributed by atoms with van der Waals surface area (Å²) in [5.74, 6) is 0. The predicted molar refractivity (Wildman–Crippen MR) is 76.6 cm³/mol. The maximum Gasteiger partial charge on any atom is 0.244 e. The molecule has 0 radical (unpaired) electrons. The monoisotopic (exact) mass is 293 g/mol. The molecule has 1 fully saturated rings. The normalized spacial score (nSPS) is 17.1. The molecule has 0 spiro atoms. The maximum atomic E-state index is 12.8. The van der Waals surface area contributed by atoms with Gasteiger partial charge in [0.1, 0.15) is 6.07 Å². The van der Waals surface area contributed by atoms with Crippen LogP contribution in [0.1, 0.15) is 25.3 Å². The molecule has 1 heterocycles. The third-order valence-corrected chi connectivity index (χ3v) is 5.71. The fourth-order valence-electron chi connectivity index (χ4n) is 2.63. The SMILES string of the molecule is CCN(C1CCNCC1)S(=O)(=O)c1ccccc1C#N. The van der Waals surface area contributed by atoms with Gasteiger partial charge in [-0.2, -0.15) is 9.57 Å². The number of hydrogen-bond acceptors (Lipinski definition) is 4. The molecule has 0 aliphatic carbocycles. The van der Waals surface area contributed by atoms with Crippen molar-refractivity contribution in [2.24, 2.45) is 0 Å². The first-order valence-corrected chi connectivity index (χ1v) is 8.27. The van der Waals surface area contributed by atoms with Crippen molar-refractivity contribution in [1.82, 2.24) is 9.62 Å². The second-order valence-electron chi connectivity index (χ2n) is 4.80. The Kier molecular flexibility index (Phi) is 4.76. The molecule has 0 aromatic heterocycles. The van der Waals surface area contributed by atoms with Gasteiger partial charge < -0.3 is 5.32 Å². The first kappa shape index (κ1) is 15.0. The van der Waals surface area contributed by atoms with E-state index in [9.17, 15) is 8.42 Å². The Morgan fingerprint density at radius 1 is 1.35 bits per heavy atom. The van der Waals surface area contributed by atoms with Gasteiger partial charge in [0.05, 0.1) is 10.5 Å². The number of benzene rings is 1. The summed E-state index contributed by atoms with van der Waals surface area (Å²) in [7, 11) is -3.61. The van der Waals surface area contributed by atoms with E-state index in [1.54, 1.807) is 18.2 Å². The number of piperidine rings is 1. The van der Waals surface area contributed by atoms with E-state index in [-0.39, 0.29) is 16.5 Å². The molecule has 1 saturated heterocycles. The van der Waals surface area contributed by atoms with Crippen LogP contribution >= 0.6 is 0 Å². The molecule has 0 bridgehead atoms. The molecule has 0 unspecified atom stereocenters. The van der Waals surface area contributed by atoms with Crippen molar-refractivity contribution in [2.45, 2.75) is 30.7 Å². The van der Waals surface area contributed by atoms with E-state index >= 15 is 0 Å². The number of sulfonamides is 1. The number of nitrogens with one attached hydrogen (secondary N) is 1. The molecule has 20 heavy (non-hydrogen) atoms. The Labute approximate surface area is 120 Å². The van der Waals surface area contributed by atoms with E-state index in [1.807, 2.05) is 13.0 Å². The smallest absolute Gasteiger partial charge is 0.244 e. The highest BCUT2D eigenvalue weighted by molar-refractivity contribution is 7.89. The summed E-state index contributed by atoms with van der Waals surface area (Å²) >= 11 is 0. The van der Waals surface area contributed by atoms with Gasteiger partial charge in [-0.25, -0.2) is 8.42 Å². The van der Waals surface area contributed by atoms with Crippen LogP contribution in [0.2, 0.25) is 0 Å². The van der Waals surface area contributed by atoms with Gasteiger partial charge in [0, 0.05) is 12.6 Å². The van der Waals surface area contributed by atoms with Gasteiger partial charge in [-0.15, -0.1) is 0 Å². The highest BCUT2D eigenvalue weighted by Crippen LogP contribution is 2.24. The Balaban J connectivity index is 2.39. The lowest BCUT2D eigenvalue weighted by Crippen LogP contribution is -2.46. The van der Waals surface area contributed by atoms with Crippen LogP contribution in [0.4, 0.5) is 0 Å². The minimum absolute atomic E-state index is 0.0120. The Hall–Kier alpha value is -1.42. The fraction of sp³-hybridized carbons (Fsp3) is 0.500. The molecule has 1 aromatic carbocycles. The minimum Gasteiger partial charge on any atom is -0.317 e. The fourth-order valence-corrected chi connectivity index (χ4v) is 4.47. The lowest BCUT2D eigenvalue weighted by atomic mass is 10.1. The largest absolute Gasteiger partial charge is 0.317 e. The van der Waals surface area contributed by atoms with Crippen molar-refractivity contribution >= 4 is 10.0 Å². The van der Waals surface area contributed by atoms with Gasteiger partial charge in [-0.1, -0.05) is 19.1 Å². The van der Waals surface area contributed by atoms with Gasteiger partial charge in [0.15, 0.2) is 0 Å². The zero-order valence-electron chi connectivity index (χ0n) is 11.5. The summed E-state index contributed by atoms with van der Waals surface area (Å²) < 4.78 is 27.1. The Morgan fingerprint density at radius 3 is 2.60 bits per heavy atom. The molecule has 1 aromatic rings. The second-order valence-corrected chi connectivity index (χ2v) is 6.66. The zero-order chi connectivity index (χ0) is 14.6. The highest BCUT2D eigenvalue weighted by atomic mass is 32.2. The minimum atomic E-state index is -3.61. The van der Waals surface area contributed by atoms with Crippen molar-refractivity contribution < 1.29 is 8.42 Å². The molecule has 2 rings (SSSR count). The second kappa shape index (κ2) is 6.35. The molecule has 1 aliphatic heterocycles. The number of rotatable bonds is 4. The molecule has 0 saturated carbocycles. The van der Waals surface area contributed by atoms with Crippen LogP contribution in [0, 0.1) is 11.3 Å². The third-order valence-electron chi connectivity index (χ3n) is 3.62. The number of nitrogens with zero attached hydrogens (tertiary/aromatic N) is 2. The summed E-state index contributed by atoms with van der Waals surface area (Å²) in [5.41, 5.74) is 0.208. The summed E-state index contributed by atoms with van der Waals surface area (Å²) in [5, 5.41) is 12.3. The average molecular weight is 293 g/mol. The van der Waals surface area contributed by atoms with Crippen molar-refractivity contribution in [1.29, 1.82) is 5.26 Å². The first-order valence-electron chi connectivity index (χ1n) is 6.83. The van der Waals surface area contributed by atoms with Crippen LogP contribution < -0.4 is 5.32 Å². The molecule has 0 atom stereocenters. The van der Waals surface area contributed by atoms with Gasteiger partial charge in [-0.3, -0.25) is 0 Å². The third kappa shape index (κ3) is 2.85. The van der Waals surface area contributed by atoms with Crippen LogP contribution in [0.15, 0.2) is 29.2 Å². The lowest BCUT2D eigenvalue weighted by Gasteiger charge is -2.33. The predicted octanol–water partition coefficient (Wildman–Crippen LogP) is 1.32. The number of nitriles is 1. The van der Waals surface area contributed by atoms with Crippen LogP contribution in [0.25, 0.3) is 0 Å². The molecule has 1 N–H and O–H groups in total. The van der Waals surface area contributed by atoms with E-state index in [4.69, 9.17) is 5.26 Å². The molecule has 0 amide bonds. The quantitative estimate of drug-likeness (QED) is 0.908. The Morgan fingerprint density at radius 2 is 2.00 bits per heavy atom. The molecule has 108 valence electrons. The first-order chi connectivity index (χ1) is 9.61. The number of hydrogen-bond donors (Lipinski definition) is 1. The Bertz CT molecular complexity index is 601. The van der Waals surface area contributed by atoms with Gasteiger partial charge >= 0.3 is 0 Å². The van der Waals surface area contributed by atoms with Crippen molar-refractivity contribution in [3.63, 3.8) is 0 Å². The standard InChI is InChI=1S/C14H19N3O2S/c1-2-17(13-7-9-16-10-8-13)20(18,19)14-6-4-3-5-12(14)11-15/h3-6,13,16H,2,7-10H2,1H3. The lowest BCUT2D eigenvalue weighted by molar-refractivity contribution is 0.270. The summed E-state index contributed by atoms with van der Waals surface area (Å²) in [6.07, 6.45) is 1.61. The van der Waals surface area contributed by atoms with Gasteiger partial charge in [0.25, 0.3) is 0 Å². The van der Waals surface area contributed by atoms with Gasteiger partial charge in [0.2, 0.25) is 10.0 Å². The maximum absolute atomic E-state index is 12.8.